The Balaban J connectivity index is 3.40. The van der Waals surface area contributed by atoms with E-state index in [-0.39, 0.29) is 28.6 Å². The molecule has 6 nitrogen and oxygen atoms in total. The fraction of sp³-hybridized carbons (Fsp3) is 0.300. The highest BCUT2D eigenvalue weighted by Gasteiger charge is 2.27. The standard InChI is InChI=1S/C10H11ClN2O4/c1-3-17-10(14)6-4-5-7(11)8(12-2)9(6)13(15)16/h4-5,12H,3H2,1-2H3. The molecule has 0 atom stereocenters. The van der Waals surface area contributed by atoms with Crippen molar-refractivity contribution in [1.29, 1.82) is 0 Å². The average molecular weight is 259 g/mol. The van der Waals surface area contributed by atoms with E-state index in [0.717, 1.165) is 0 Å². The van der Waals surface area contributed by atoms with Crippen LogP contribution in [-0.2, 0) is 4.74 Å². The first kappa shape index (κ1) is 13.2. The Hall–Kier alpha value is -1.82. The number of hydrogen-bond acceptors (Lipinski definition) is 5. The molecule has 0 aromatic heterocycles. The molecule has 0 saturated carbocycles. The third-order valence-corrected chi connectivity index (χ3v) is 2.37. The SMILES string of the molecule is CCOC(=O)c1ccc(Cl)c(NC)c1[N+](=O)[O-]. The van der Waals surface area contributed by atoms with Crippen LogP contribution in [0.15, 0.2) is 12.1 Å². The molecule has 1 aromatic rings. The maximum absolute atomic E-state index is 11.6. The smallest absolute Gasteiger partial charge is 0.345 e. The van der Waals surface area contributed by atoms with Crippen LogP contribution >= 0.6 is 11.6 Å². The lowest BCUT2D eigenvalue weighted by Crippen LogP contribution is -2.10. The number of carbonyl (C=O) groups is 1. The van der Waals surface area contributed by atoms with Gasteiger partial charge in [0.15, 0.2) is 0 Å². The van der Waals surface area contributed by atoms with E-state index in [4.69, 9.17) is 16.3 Å². The predicted octanol–water partition coefficient (Wildman–Crippen LogP) is 2.47. The molecule has 7 heteroatoms. The summed E-state index contributed by atoms with van der Waals surface area (Å²) in [5.41, 5.74) is -0.397. The van der Waals surface area contributed by atoms with Gasteiger partial charge in [-0.25, -0.2) is 4.79 Å². The number of halogens is 1. The lowest BCUT2D eigenvalue weighted by molar-refractivity contribution is -0.384. The van der Waals surface area contributed by atoms with Crippen LogP contribution in [0.3, 0.4) is 0 Å². The molecule has 92 valence electrons. The van der Waals surface area contributed by atoms with Gasteiger partial charge in [-0.1, -0.05) is 11.6 Å². The second-order valence-corrected chi connectivity index (χ2v) is 3.45. The highest BCUT2D eigenvalue weighted by molar-refractivity contribution is 6.34. The summed E-state index contributed by atoms with van der Waals surface area (Å²) in [5.74, 6) is -0.743. The van der Waals surface area contributed by atoms with Gasteiger partial charge in [-0.15, -0.1) is 0 Å². The summed E-state index contributed by atoms with van der Waals surface area (Å²) in [6.45, 7) is 1.77. The maximum atomic E-state index is 11.6. The van der Waals surface area contributed by atoms with Crippen molar-refractivity contribution in [2.45, 2.75) is 6.92 Å². The molecule has 0 saturated heterocycles. The summed E-state index contributed by atoms with van der Waals surface area (Å²) in [4.78, 5) is 21.9. The second kappa shape index (κ2) is 5.49. The summed E-state index contributed by atoms with van der Waals surface area (Å²) >= 11 is 5.81. The van der Waals surface area contributed by atoms with Gasteiger partial charge in [0, 0.05) is 7.05 Å². The molecule has 1 N–H and O–H groups in total. The molecule has 0 bridgehead atoms. The van der Waals surface area contributed by atoms with Crippen molar-refractivity contribution < 1.29 is 14.5 Å². The minimum atomic E-state index is -0.743. The van der Waals surface area contributed by atoms with Gasteiger partial charge in [0.25, 0.3) is 0 Å². The summed E-state index contributed by atoms with van der Waals surface area (Å²) < 4.78 is 4.74. The zero-order chi connectivity index (χ0) is 13.0. The molecular weight excluding hydrogens is 248 g/mol. The minimum absolute atomic E-state index is 0.0993. The number of benzene rings is 1. The molecular formula is C10H11ClN2O4. The van der Waals surface area contributed by atoms with Gasteiger partial charge < -0.3 is 10.1 Å². The topological polar surface area (TPSA) is 81.5 Å². The van der Waals surface area contributed by atoms with Crippen LogP contribution in [0.1, 0.15) is 17.3 Å². The lowest BCUT2D eigenvalue weighted by atomic mass is 10.1. The van der Waals surface area contributed by atoms with Crippen molar-refractivity contribution >= 4 is 28.9 Å². The molecule has 0 aliphatic rings. The Morgan fingerprint density at radius 2 is 2.24 bits per heavy atom. The van der Waals surface area contributed by atoms with Gasteiger partial charge in [0.05, 0.1) is 16.6 Å². The first-order valence-corrected chi connectivity index (χ1v) is 5.22. The van der Waals surface area contributed by atoms with Gasteiger partial charge in [-0.05, 0) is 19.1 Å². The quantitative estimate of drug-likeness (QED) is 0.510. The van der Waals surface area contributed by atoms with E-state index in [1.54, 1.807) is 6.92 Å². The molecule has 0 unspecified atom stereocenters. The number of hydrogen-bond donors (Lipinski definition) is 1. The van der Waals surface area contributed by atoms with Crippen LogP contribution in [0.5, 0.6) is 0 Å². The molecule has 0 amide bonds. The van der Waals surface area contributed by atoms with E-state index in [2.05, 4.69) is 5.32 Å². The van der Waals surface area contributed by atoms with E-state index in [1.165, 1.54) is 19.2 Å². The Labute approximate surface area is 103 Å². The summed E-state index contributed by atoms with van der Waals surface area (Å²) in [5, 5.41) is 13.7. The zero-order valence-corrected chi connectivity index (χ0v) is 10.1. The Bertz CT molecular complexity index is 462. The molecule has 1 rings (SSSR count). The van der Waals surface area contributed by atoms with Gasteiger partial charge in [-0.2, -0.15) is 0 Å². The molecule has 0 spiro atoms. The zero-order valence-electron chi connectivity index (χ0n) is 9.32. The maximum Gasteiger partial charge on any atom is 0.345 e. The number of anilines is 1. The van der Waals surface area contributed by atoms with Crippen LogP contribution in [0, 0.1) is 10.1 Å². The van der Waals surface area contributed by atoms with Gasteiger partial charge in [-0.3, -0.25) is 10.1 Å². The summed E-state index contributed by atoms with van der Waals surface area (Å²) in [6, 6.07) is 2.69. The van der Waals surface area contributed by atoms with E-state index in [9.17, 15) is 14.9 Å². The van der Waals surface area contributed by atoms with Crippen LogP contribution in [0.2, 0.25) is 5.02 Å². The van der Waals surface area contributed by atoms with Crippen LogP contribution in [0.25, 0.3) is 0 Å². The Kier molecular flexibility index (Phi) is 4.28. The predicted molar refractivity (Wildman–Crippen MR) is 63.6 cm³/mol. The van der Waals surface area contributed by atoms with Crippen molar-refractivity contribution in [2.24, 2.45) is 0 Å². The van der Waals surface area contributed by atoms with E-state index >= 15 is 0 Å². The van der Waals surface area contributed by atoms with E-state index < -0.39 is 10.9 Å². The van der Waals surface area contributed by atoms with Crippen molar-refractivity contribution in [2.75, 3.05) is 19.0 Å². The molecule has 0 radical (unpaired) electrons. The Morgan fingerprint density at radius 1 is 1.59 bits per heavy atom. The molecule has 0 aliphatic heterocycles. The van der Waals surface area contributed by atoms with Gasteiger partial charge in [0.1, 0.15) is 11.3 Å². The number of nitrogens with zero attached hydrogens (tertiary/aromatic N) is 1. The number of carbonyl (C=O) groups excluding carboxylic acids is 1. The highest BCUT2D eigenvalue weighted by atomic mass is 35.5. The van der Waals surface area contributed by atoms with Crippen LogP contribution in [0.4, 0.5) is 11.4 Å². The van der Waals surface area contributed by atoms with Crippen molar-refractivity contribution in [1.82, 2.24) is 0 Å². The number of nitrogens with one attached hydrogen (secondary N) is 1. The van der Waals surface area contributed by atoms with Gasteiger partial charge in [0.2, 0.25) is 0 Å². The molecule has 17 heavy (non-hydrogen) atoms. The number of nitro benzene ring substituents is 1. The summed E-state index contributed by atoms with van der Waals surface area (Å²) in [7, 11) is 1.49. The van der Waals surface area contributed by atoms with Crippen molar-refractivity contribution in [3.63, 3.8) is 0 Å². The van der Waals surface area contributed by atoms with Crippen molar-refractivity contribution in [3.8, 4) is 0 Å². The second-order valence-electron chi connectivity index (χ2n) is 3.05. The third-order valence-electron chi connectivity index (χ3n) is 2.05. The monoisotopic (exact) mass is 258 g/mol. The molecule has 0 heterocycles. The number of esters is 1. The molecule has 0 fully saturated rings. The number of rotatable bonds is 4. The fourth-order valence-corrected chi connectivity index (χ4v) is 1.61. The fourth-order valence-electron chi connectivity index (χ4n) is 1.37. The minimum Gasteiger partial charge on any atom is -0.462 e. The largest absolute Gasteiger partial charge is 0.462 e. The van der Waals surface area contributed by atoms with E-state index in [0.29, 0.717) is 0 Å². The third kappa shape index (κ3) is 2.65. The summed E-state index contributed by atoms with van der Waals surface area (Å²) in [6.07, 6.45) is 0. The van der Waals surface area contributed by atoms with Crippen LogP contribution in [-0.4, -0.2) is 24.5 Å². The Morgan fingerprint density at radius 3 is 2.71 bits per heavy atom. The van der Waals surface area contributed by atoms with Crippen LogP contribution < -0.4 is 5.32 Å². The first-order chi connectivity index (χ1) is 8.02. The lowest BCUT2D eigenvalue weighted by Gasteiger charge is -2.08. The number of nitro groups is 1. The van der Waals surface area contributed by atoms with Crippen molar-refractivity contribution in [3.05, 3.63) is 32.8 Å². The highest BCUT2D eigenvalue weighted by Crippen LogP contribution is 2.35. The molecule has 1 aromatic carbocycles. The average Bonchev–Trinajstić information content (AvgIpc) is 2.28. The number of ether oxygens (including phenoxy) is 1. The van der Waals surface area contributed by atoms with Gasteiger partial charge >= 0.3 is 11.7 Å². The van der Waals surface area contributed by atoms with E-state index in [1.807, 2.05) is 0 Å². The first-order valence-electron chi connectivity index (χ1n) is 4.84. The normalized spacial score (nSPS) is 9.82. The molecule has 0 aliphatic carbocycles.